The first-order valence-electron chi connectivity index (χ1n) is 14.0. The summed E-state index contributed by atoms with van der Waals surface area (Å²) in [4.78, 5) is 38.7. The second kappa shape index (κ2) is 13.4. The summed E-state index contributed by atoms with van der Waals surface area (Å²) < 4.78 is 5.31. The number of ether oxygens (including phenoxy) is 1. The number of alkyl carbamates (subject to hydrolysis) is 1. The molecule has 1 aliphatic carbocycles. The maximum atomic E-state index is 13.4. The van der Waals surface area contributed by atoms with Crippen molar-refractivity contribution in [2.24, 2.45) is 11.8 Å². The Hall–Kier alpha value is -4.28. The van der Waals surface area contributed by atoms with Crippen LogP contribution in [0.15, 0.2) is 48.5 Å². The van der Waals surface area contributed by atoms with E-state index in [4.69, 9.17) is 4.74 Å². The predicted molar refractivity (Wildman–Crippen MR) is 155 cm³/mol. The average molecular weight is 562 g/mol. The van der Waals surface area contributed by atoms with Gasteiger partial charge in [-0.25, -0.2) is 4.79 Å². The second-order valence-electron chi connectivity index (χ2n) is 11.7. The van der Waals surface area contributed by atoms with Crippen LogP contribution >= 0.6 is 0 Å². The standard InChI is InChI=1S/C30H39N7O4/c1-19-5-7-20(8-6-19)17-25(28(39)32-24-15-13-22(14-16-24)26-34-36-37-35-26)33-27(38)23-11-9-21(10-12-23)18-31-29(40)41-30(2,3)4/h5-8,13-16,21,23,25H,9-12,17-18H2,1-4H3,(H,31,40)(H,32,39)(H,33,38)(H,34,35,36,37). The lowest BCUT2D eigenvalue weighted by atomic mass is 9.81. The highest BCUT2D eigenvalue weighted by Gasteiger charge is 2.30. The Bertz CT molecular complexity index is 1290. The van der Waals surface area contributed by atoms with Crippen molar-refractivity contribution in [3.05, 3.63) is 59.7 Å². The van der Waals surface area contributed by atoms with Gasteiger partial charge in [0.1, 0.15) is 11.6 Å². The third-order valence-corrected chi connectivity index (χ3v) is 7.10. The molecule has 4 rings (SSSR count). The van der Waals surface area contributed by atoms with Crippen molar-refractivity contribution in [3.8, 4) is 11.4 Å². The molecule has 1 aliphatic rings. The number of aromatic amines is 1. The van der Waals surface area contributed by atoms with Gasteiger partial charge in [-0.15, -0.1) is 10.2 Å². The van der Waals surface area contributed by atoms with E-state index in [9.17, 15) is 14.4 Å². The van der Waals surface area contributed by atoms with E-state index in [1.54, 1.807) is 24.3 Å². The highest BCUT2D eigenvalue weighted by molar-refractivity contribution is 5.97. The first kappa shape index (κ1) is 29.7. The normalized spacial score (nSPS) is 17.8. The number of carbonyl (C=O) groups is 3. The van der Waals surface area contributed by atoms with Gasteiger partial charge in [0.2, 0.25) is 17.6 Å². The minimum absolute atomic E-state index is 0.122. The van der Waals surface area contributed by atoms with E-state index in [0.29, 0.717) is 37.3 Å². The molecule has 3 aromatic rings. The zero-order chi connectivity index (χ0) is 29.4. The number of aryl methyl sites for hydroxylation is 1. The molecule has 1 unspecified atom stereocenters. The number of benzene rings is 2. The quantitative estimate of drug-likeness (QED) is 0.306. The van der Waals surface area contributed by atoms with Gasteiger partial charge in [-0.1, -0.05) is 29.8 Å². The fourth-order valence-corrected chi connectivity index (χ4v) is 4.85. The minimum atomic E-state index is -0.742. The number of hydrogen-bond acceptors (Lipinski definition) is 7. The molecule has 0 aliphatic heterocycles. The molecule has 1 heterocycles. The molecule has 0 spiro atoms. The summed E-state index contributed by atoms with van der Waals surface area (Å²) in [6.07, 6.45) is 2.97. The third kappa shape index (κ3) is 9.12. The molecule has 218 valence electrons. The molecule has 41 heavy (non-hydrogen) atoms. The lowest BCUT2D eigenvalue weighted by Gasteiger charge is -2.29. The fraction of sp³-hybridized carbons (Fsp3) is 0.467. The van der Waals surface area contributed by atoms with Crippen molar-refractivity contribution >= 4 is 23.6 Å². The van der Waals surface area contributed by atoms with Crippen LogP contribution in [0, 0.1) is 18.8 Å². The van der Waals surface area contributed by atoms with Gasteiger partial charge in [-0.05, 0) is 94.3 Å². The molecule has 1 saturated carbocycles. The Kier molecular flexibility index (Phi) is 9.69. The largest absolute Gasteiger partial charge is 0.444 e. The van der Waals surface area contributed by atoms with Crippen molar-refractivity contribution in [2.75, 3.05) is 11.9 Å². The summed E-state index contributed by atoms with van der Waals surface area (Å²) in [5.41, 5.74) is 2.90. The Labute approximate surface area is 240 Å². The van der Waals surface area contributed by atoms with E-state index in [2.05, 4.69) is 36.6 Å². The summed E-state index contributed by atoms with van der Waals surface area (Å²) in [5, 5.41) is 22.7. The molecule has 1 aromatic heterocycles. The maximum Gasteiger partial charge on any atom is 0.407 e. The van der Waals surface area contributed by atoms with Crippen molar-refractivity contribution in [1.82, 2.24) is 31.3 Å². The van der Waals surface area contributed by atoms with E-state index in [0.717, 1.165) is 29.5 Å². The van der Waals surface area contributed by atoms with Crippen molar-refractivity contribution in [1.29, 1.82) is 0 Å². The van der Waals surface area contributed by atoms with Gasteiger partial charge in [-0.3, -0.25) is 9.59 Å². The smallest absolute Gasteiger partial charge is 0.407 e. The molecular weight excluding hydrogens is 522 g/mol. The lowest BCUT2D eigenvalue weighted by Crippen LogP contribution is -2.48. The first-order chi connectivity index (χ1) is 19.6. The first-order valence-corrected chi connectivity index (χ1v) is 14.0. The van der Waals surface area contributed by atoms with Gasteiger partial charge in [0, 0.05) is 30.1 Å². The highest BCUT2D eigenvalue weighted by atomic mass is 16.6. The summed E-state index contributed by atoms with van der Waals surface area (Å²) in [5.74, 6) is 0.150. The molecule has 2 aromatic carbocycles. The average Bonchev–Trinajstić information content (AvgIpc) is 3.48. The monoisotopic (exact) mass is 561 g/mol. The molecule has 0 bridgehead atoms. The van der Waals surface area contributed by atoms with Gasteiger partial charge >= 0.3 is 6.09 Å². The summed E-state index contributed by atoms with van der Waals surface area (Å²) in [6, 6.07) is 14.3. The molecule has 0 radical (unpaired) electrons. The number of tetrazole rings is 1. The van der Waals surface area contributed by atoms with Crippen LogP contribution in [0.3, 0.4) is 0 Å². The number of amides is 3. The second-order valence-corrected chi connectivity index (χ2v) is 11.7. The summed E-state index contributed by atoms with van der Waals surface area (Å²) in [6.45, 7) is 8.02. The number of rotatable bonds is 9. The number of nitrogens with one attached hydrogen (secondary N) is 4. The number of anilines is 1. The molecule has 0 saturated heterocycles. The molecule has 11 nitrogen and oxygen atoms in total. The minimum Gasteiger partial charge on any atom is -0.444 e. The molecule has 1 atom stereocenters. The van der Waals surface area contributed by atoms with Gasteiger partial charge in [0.25, 0.3) is 0 Å². The van der Waals surface area contributed by atoms with Crippen LogP contribution in [-0.2, 0) is 20.7 Å². The van der Waals surface area contributed by atoms with E-state index in [1.165, 1.54) is 0 Å². The van der Waals surface area contributed by atoms with Crippen LogP contribution in [0.25, 0.3) is 11.4 Å². The van der Waals surface area contributed by atoms with E-state index in [-0.39, 0.29) is 23.7 Å². The predicted octanol–water partition coefficient (Wildman–Crippen LogP) is 4.17. The van der Waals surface area contributed by atoms with Crippen molar-refractivity contribution in [3.63, 3.8) is 0 Å². The van der Waals surface area contributed by atoms with E-state index < -0.39 is 17.7 Å². The maximum absolute atomic E-state index is 13.4. The SMILES string of the molecule is Cc1ccc(CC(NC(=O)C2CCC(CNC(=O)OC(C)(C)C)CC2)C(=O)Nc2ccc(-c3nn[nH]n3)cc2)cc1. The van der Waals surface area contributed by atoms with Crippen LogP contribution in [0.4, 0.5) is 10.5 Å². The molecule has 11 heteroatoms. The Morgan fingerprint density at radius 3 is 2.29 bits per heavy atom. The number of nitrogens with zero attached hydrogens (tertiary/aromatic N) is 3. The van der Waals surface area contributed by atoms with Gasteiger partial charge in [0.15, 0.2) is 0 Å². The third-order valence-electron chi connectivity index (χ3n) is 7.10. The zero-order valence-electron chi connectivity index (χ0n) is 24.1. The fourth-order valence-electron chi connectivity index (χ4n) is 4.85. The van der Waals surface area contributed by atoms with Crippen LogP contribution in [0.2, 0.25) is 0 Å². The number of carbonyl (C=O) groups excluding carboxylic acids is 3. The molecular formula is C30H39N7O4. The Balaban J connectivity index is 1.34. The molecule has 4 N–H and O–H groups in total. The number of aromatic nitrogens is 4. The number of H-pyrrole nitrogens is 1. The van der Waals surface area contributed by atoms with Crippen LogP contribution in [-0.4, -0.2) is 56.7 Å². The van der Waals surface area contributed by atoms with Crippen molar-refractivity contribution in [2.45, 2.75) is 71.4 Å². The Morgan fingerprint density at radius 1 is 1.00 bits per heavy atom. The Morgan fingerprint density at radius 2 is 1.68 bits per heavy atom. The van der Waals surface area contributed by atoms with E-state index in [1.807, 2.05) is 52.0 Å². The van der Waals surface area contributed by atoms with Crippen LogP contribution in [0.5, 0.6) is 0 Å². The molecule has 1 fully saturated rings. The van der Waals surface area contributed by atoms with Crippen molar-refractivity contribution < 1.29 is 19.1 Å². The van der Waals surface area contributed by atoms with Gasteiger partial charge in [0.05, 0.1) is 0 Å². The summed E-state index contributed by atoms with van der Waals surface area (Å²) >= 11 is 0. The highest BCUT2D eigenvalue weighted by Crippen LogP contribution is 2.29. The lowest BCUT2D eigenvalue weighted by molar-refractivity contribution is -0.130. The van der Waals surface area contributed by atoms with Gasteiger partial charge < -0.3 is 20.7 Å². The van der Waals surface area contributed by atoms with E-state index >= 15 is 0 Å². The molecule has 3 amide bonds. The summed E-state index contributed by atoms with van der Waals surface area (Å²) in [7, 11) is 0. The van der Waals surface area contributed by atoms with Gasteiger partial charge in [-0.2, -0.15) is 5.21 Å². The number of hydrogen-bond donors (Lipinski definition) is 4. The topological polar surface area (TPSA) is 151 Å². The van der Waals surface area contributed by atoms with Crippen LogP contribution < -0.4 is 16.0 Å². The zero-order valence-corrected chi connectivity index (χ0v) is 24.1. The van der Waals surface area contributed by atoms with Crippen LogP contribution in [0.1, 0.15) is 57.6 Å².